The number of rotatable bonds is 7. The molecule has 0 fully saturated rings. The molecule has 19 heavy (non-hydrogen) atoms. The van der Waals surface area contributed by atoms with Gasteiger partial charge in [-0.05, 0) is 37.0 Å². The summed E-state index contributed by atoms with van der Waals surface area (Å²) < 4.78 is 5.14. The monoisotopic (exact) mass is 395 g/mol. The molecule has 0 atom stereocenters. The smallest absolute Gasteiger partial charge is 0.193 e. The largest absolute Gasteiger partial charge is 0.497 e. The average molecular weight is 395 g/mol. The van der Waals surface area contributed by atoms with E-state index in [1.54, 1.807) is 7.11 Å². The van der Waals surface area contributed by atoms with E-state index in [9.17, 15) is 0 Å². The summed E-state index contributed by atoms with van der Waals surface area (Å²) in [4.78, 5) is 4.28. The van der Waals surface area contributed by atoms with Gasteiger partial charge in [-0.3, -0.25) is 4.99 Å². The van der Waals surface area contributed by atoms with Crippen molar-refractivity contribution in [1.29, 1.82) is 0 Å². The van der Waals surface area contributed by atoms with Crippen molar-refractivity contribution in [1.82, 2.24) is 0 Å². The lowest BCUT2D eigenvalue weighted by Crippen LogP contribution is -2.22. The van der Waals surface area contributed by atoms with Gasteiger partial charge in [0.2, 0.25) is 0 Å². The number of methoxy groups -OCH3 is 1. The Bertz CT molecular complexity index is 388. The number of benzene rings is 1. The highest BCUT2D eigenvalue weighted by Gasteiger charge is 1.97. The second-order valence-corrected chi connectivity index (χ2v) is 4.81. The molecule has 1 aromatic rings. The zero-order valence-corrected chi connectivity index (χ0v) is 14.5. The van der Waals surface area contributed by atoms with Gasteiger partial charge in [0.25, 0.3) is 0 Å². The van der Waals surface area contributed by atoms with E-state index in [4.69, 9.17) is 10.5 Å². The summed E-state index contributed by atoms with van der Waals surface area (Å²) in [6.45, 7) is 0.767. The summed E-state index contributed by atoms with van der Waals surface area (Å²) in [5, 5.41) is 3.05. The molecule has 0 heterocycles. The molecule has 108 valence electrons. The van der Waals surface area contributed by atoms with Gasteiger partial charge >= 0.3 is 0 Å². The Morgan fingerprint density at radius 1 is 1.42 bits per heavy atom. The number of hydrogen-bond donors (Lipinski definition) is 2. The fourth-order valence-corrected chi connectivity index (χ4v) is 1.94. The van der Waals surface area contributed by atoms with E-state index in [1.165, 1.54) is 12.2 Å². The number of halogens is 1. The van der Waals surface area contributed by atoms with Crippen LogP contribution in [0.15, 0.2) is 29.3 Å². The number of guanidine groups is 1. The number of nitrogens with one attached hydrogen (secondary N) is 1. The average Bonchev–Trinajstić information content (AvgIpc) is 2.38. The number of unbranched alkanes of at least 4 members (excludes halogenated alkanes) is 1. The molecule has 3 N–H and O–H groups in total. The second kappa shape index (κ2) is 11.2. The Labute approximate surface area is 136 Å². The van der Waals surface area contributed by atoms with Gasteiger partial charge in [-0.2, -0.15) is 11.8 Å². The van der Waals surface area contributed by atoms with Gasteiger partial charge < -0.3 is 15.8 Å². The van der Waals surface area contributed by atoms with Gasteiger partial charge in [0, 0.05) is 18.3 Å². The maximum absolute atomic E-state index is 5.80. The van der Waals surface area contributed by atoms with E-state index in [0.29, 0.717) is 5.96 Å². The van der Waals surface area contributed by atoms with Crippen molar-refractivity contribution < 1.29 is 4.74 Å². The molecule has 0 unspecified atom stereocenters. The van der Waals surface area contributed by atoms with Crippen LogP contribution in [-0.4, -0.2) is 31.6 Å². The van der Waals surface area contributed by atoms with Crippen molar-refractivity contribution >= 4 is 47.4 Å². The molecule has 0 saturated carbocycles. The zero-order valence-electron chi connectivity index (χ0n) is 11.4. The number of nitrogens with zero attached hydrogens (tertiary/aromatic N) is 1. The molecular formula is C13H22IN3OS. The number of thioether (sulfide) groups is 1. The van der Waals surface area contributed by atoms with E-state index in [-0.39, 0.29) is 24.0 Å². The van der Waals surface area contributed by atoms with E-state index < -0.39 is 0 Å². The van der Waals surface area contributed by atoms with Crippen LogP contribution in [0.4, 0.5) is 5.69 Å². The van der Waals surface area contributed by atoms with Gasteiger partial charge in [0.1, 0.15) is 5.75 Å². The molecule has 4 nitrogen and oxygen atoms in total. The zero-order chi connectivity index (χ0) is 13.2. The fraction of sp³-hybridized carbons (Fsp3) is 0.462. The molecule has 0 spiro atoms. The molecule has 0 bridgehead atoms. The van der Waals surface area contributed by atoms with E-state index >= 15 is 0 Å². The molecule has 0 saturated heterocycles. The summed E-state index contributed by atoms with van der Waals surface area (Å²) in [5.74, 6) is 2.43. The second-order valence-electron chi connectivity index (χ2n) is 3.82. The first-order valence-electron chi connectivity index (χ1n) is 5.96. The minimum Gasteiger partial charge on any atom is -0.497 e. The van der Waals surface area contributed by atoms with Gasteiger partial charge in [0.05, 0.1) is 7.11 Å². The van der Waals surface area contributed by atoms with Crippen molar-refractivity contribution in [2.45, 2.75) is 12.8 Å². The number of aliphatic imine (C=N–C) groups is 1. The molecule has 0 aliphatic carbocycles. The molecule has 0 aliphatic rings. The Kier molecular flexibility index (Phi) is 10.8. The first-order chi connectivity index (χ1) is 8.76. The van der Waals surface area contributed by atoms with Crippen molar-refractivity contribution in [2.75, 3.05) is 31.0 Å². The number of nitrogens with two attached hydrogens (primary N) is 1. The normalized spacial score (nSPS) is 10.7. The minimum atomic E-state index is 0. The van der Waals surface area contributed by atoms with Gasteiger partial charge in [-0.1, -0.05) is 6.07 Å². The van der Waals surface area contributed by atoms with Gasteiger partial charge in [-0.25, -0.2) is 0 Å². The molecule has 1 rings (SSSR count). The summed E-state index contributed by atoms with van der Waals surface area (Å²) in [6, 6.07) is 7.61. The molecular weight excluding hydrogens is 373 g/mol. The summed E-state index contributed by atoms with van der Waals surface area (Å²) in [6.07, 6.45) is 4.36. The highest BCUT2D eigenvalue weighted by molar-refractivity contribution is 14.0. The predicted molar refractivity (Wildman–Crippen MR) is 96.1 cm³/mol. The standard InChI is InChI=1S/C13H21N3OS.HI/c1-17-12-7-5-6-11(10-12)16-13(14)15-8-3-4-9-18-2;/h5-7,10H,3-4,8-9H2,1-2H3,(H3,14,15,16);1H. The highest BCUT2D eigenvalue weighted by atomic mass is 127. The predicted octanol–water partition coefficient (Wildman–Crippen LogP) is 3.18. The SMILES string of the molecule is COc1cccc(NC(N)=NCCCCSC)c1.I. The van der Waals surface area contributed by atoms with Crippen LogP contribution in [0.25, 0.3) is 0 Å². The Hall–Kier alpha value is -0.630. The van der Waals surface area contributed by atoms with Crippen LogP contribution in [-0.2, 0) is 0 Å². The van der Waals surface area contributed by atoms with Crippen LogP contribution in [0.2, 0.25) is 0 Å². The quantitative estimate of drug-likeness (QED) is 0.322. The first-order valence-corrected chi connectivity index (χ1v) is 7.35. The Morgan fingerprint density at radius 2 is 2.21 bits per heavy atom. The highest BCUT2D eigenvalue weighted by Crippen LogP contribution is 2.16. The van der Waals surface area contributed by atoms with Crippen LogP contribution in [0.3, 0.4) is 0 Å². The lowest BCUT2D eigenvalue weighted by atomic mass is 10.3. The molecule has 0 amide bonds. The maximum atomic E-state index is 5.80. The van der Waals surface area contributed by atoms with Crippen molar-refractivity contribution in [3.63, 3.8) is 0 Å². The topological polar surface area (TPSA) is 59.6 Å². The van der Waals surface area contributed by atoms with Gasteiger partial charge in [-0.15, -0.1) is 24.0 Å². The van der Waals surface area contributed by atoms with E-state index in [2.05, 4.69) is 16.6 Å². The lowest BCUT2D eigenvalue weighted by molar-refractivity contribution is 0.415. The van der Waals surface area contributed by atoms with Gasteiger partial charge in [0.15, 0.2) is 5.96 Å². The molecule has 0 aliphatic heterocycles. The first kappa shape index (κ1) is 18.4. The Morgan fingerprint density at radius 3 is 2.89 bits per heavy atom. The fourth-order valence-electron chi connectivity index (χ4n) is 1.45. The summed E-state index contributed by atoms with van der Waals surface area (Å²) in [5.41, 5.74) is 6.69. The molecule has 6 heteroatoms. The number of hydrogen-bond acceptors (Lipinski definition) is 3. The lowest BCUT2D eigenvalue weighted by Gasteiger charge is -2.07. The third-order valence-corrected chi connectivity index (χ3v) is 3.08. The van der Waals surface area contributed by atoms with Crippen LogP contribution >= 0.6 is 35.7 Å². The van der Waals surface area contributed by atoms with Crippen LogP contribution in [0, 0.1) is 0 Å². The maximum Gasteiger partial charge on any atom is 0.193 e. The van der Waals surface area contributed by atoms with Crippen LogP contribution < -0.4 is 15.8 Å². The van der Waals surface area contributed by atoms with Crippen molar-refractivity contribution in [3.8, 4) is 5.75 Å². The number of anilines is 1. The third kappa shape index (κ3) is 8.20. The van der Waals surface area contributed by atoms with E-state index in [0.717, 1.165) is 24.4 Å². The van der Waals surface area contributed by atoms with Crippen molar-refractivity contribution in [2.24, 2.45) is 10.7 Å². The molecule has 0 radical (unpaired) electrons. The molecule has 1 aromatic carbocycles. The summed E-state index contributed by atoms with van der Waals surface area (Å²) >= 11 is 1.86. The van der Waals surface area contributed by atoms with Crippen LogP contribution in [0.5, 0.6) is 5.75 Å². The third-order valence-electron chi connectivity index (χ3n) is 2.38. The van der Waals surface area contributed by atoms with Crippen molar-refractivity contribution in [3.05, 3.63) is 24.3 Å². The Balaban J connectivity index is 0.00000324. The number of ether oxygens (including phenoxy) is 1. The molecule has 0 aromatic heterocycles. The summed E-state index contributed by atoms with van der Waals surface area (Å²) in [7, 11) is 1.64. The van der Waals surface area contributed by atoms with Crippen LogP contribution in [0.1, 0.15) is 12.8 Å². The van der Waals surface area contributed by atoms with E-state index in [1.807, 2.05) is 36.0 Å². The minimum absolute atomic E-state index is 0.